The molecular weight excluding hydrogens is 294 g/mol. The fourth-order valence-electron chi connectivity index (χ4n) is 2.35. The molecule has 6 nitrogen and oxygen atoms in total. The second-order valence-corrected chi connectivity index (χ2v) is 6.44. The minimum atomic E-state index is -0.988. The smallest absolute Gasteiger partial charge is 0.335 e. The molecule has 2 aromatic rings. The first-order chi connectivity index (χ1) is 10.7. The summed E-state index contributed by atoms with van der Waals surface area (Å²) in [4.78, 5) is 23.2. The monoisotopic (exact) mass is 315 g/mol. The van der Waals surface area contributed by atoms with Crippen LogP contribution in [0.4, 0.5) is 0 Å². The second kappa shape index (κ2) is 6.24. The Morgan fingerprint density at radius 2 is 1.96 bits per heavy atom. The fraction of sp³-hybridized carbons (Fsp3) is 0.353. The minimum Gasteiger partial charge on any atom is -0.478 e. The Labute approximate surface area is 135 Å². The number of hydrogen-bond acceptors (Lipinski definition) is 3. The molecule has 0 saturated carbocycles. The Kier molecular flexibility index (Phi) is 4.54. The van der Waals surface area contributed by atoms with Gasteiger partial charge in [0.25, 0.3) is 5.91 Å². The van der Waals surface area contributed by atoms with E-state index in [4.69, 9.17) is 5.11 Å². The van der Waals surface area contributed by atoms with Gasteiger partial charge in [0.15, 0.2) is 0 Å². The molecule has 0 fully saturated rings. The van der Waals surface area contributed by atoms with Crippen molar-refractivity contribution in [2.24, 2.45) is 0 Å². The van der Waals surface area contributed by atoms with Gasteiger partial charge in [0.2, 0.25) is 0 Å². The lowest BCUT2D eigenvalue weighted by Gasteiger charge is -2.21. The molecule has 0 aliphatic heterocycles. The fourth-order valence-corrected chi connectivity index (χ4v) is 2.35. The highest BCUT2D eigenvalue weighted by atomic mass is 16.4. The van der Waals surface area contributed by atoms with E-state index in [0.717, 1.165) is 11.3 Å². The van der Waals surface area contributed by atoms with E-state index < -0.39 is 5.97 Å². The standard InChI is InChI=1S/C17H21N3O3/c1-11-8-14(19-20(11)17(2,3)4)15(21)18-10-12-6-5-7-13(9-12)16(22)23/h5-9H,10H2,1-4H3,(H,18,21)(H,22,23). The van der Waals surface area contributed by atoms with Gasteiger partial charge in [-0.3, -0.25) is 9.48 Å². The molecule has 0 atom stereocenters. The third-order valence-electron chi connectivity index (χ3n) is 3.38. The topological polar surface area (TPSA) is 84.2 Å². The Hall–Kier alpha value is -2.63. The summed E-state index contributed by atoms with van der Waals surface area (Å²) in [7, 11) is 0. The Morgan fingerprint density at radius 1 is 1.26 bits per heavy atom. The van der Waals surface area contributed by atoms with Gasteiger partial charge in [-0.25, -0.2) is 4.79 Å². The van der Waals surface area contributed by atoms with E-state index in [0.29, 0.717) is 5.69 Å². The van der Waals surface area contributed by atoms with E-state index in [-0.39, 0.29) is 23.6 Å². The number of carbonyl (C=O) groups excluding carboxylic acids is 1. The number of aromatic nitrogens is 2. The van der Waals surface area contributed by atoms with Crippen molar-refractivity contribution in [2.45, 2.75) is 39.8 Å². The number of amides is 1. The van der Waals surface area contributed by atoms with Crippen molar-refractivity contribution < 1.29 is 14.7 Å². The van der Waals surface area contributed by atoms with Gasteiger partial charge in [0.1, 0.15) is 5.69 Å². The number of carboxylic acids is 1. The van der Waals surface area contributed by atoms with E-state index in [1.165, 1.54) is 6.07 Å². The normalized spacial score (nSPS) is 11.3. The summed E-state index contributed by atoms with van der Waals surface area (Å²) in [6, 6.07) is 8.23. The van der Waals surface area contributed by atoms with Gasteiger partial charge in [-0.1, -0.05) is 12.1 Å². The molecule has 6 heteroatoms. The molecule has 2 rings (SSSR count). The van der Waals surface area contributed by atoms with Crippen LogP contribution in [0.25, 0.3) is 0 Å². The molecule has 0 radical (unpaired) electrons. The minimum absolute atomic E-state index is 0.196. The third-order valence-corrected chi connectivity index (χ3v) is 3.38. The average molecular weight is 315 g/mol. The van der Waals surface area contributed by atoms with E-state index in [9.17, 15) is 9.59 Å². The van der Waals surface area contributed by atoms with Crippen molar-refractivity contribution in [1.82, 2.24) is 15.1 Å². The van der Waals surface area contributed by atoms with Crippen molar-refractivity contribution in [2.75, 3.05) is 0 Å². The predicted molar refractivity (Wildman–Crippen MR) is 86.5 cm³/mol. The maximum atomic E-state index is 12.2. The summed E-state index contributed by atoms with van der Waals surface area (Å²) in [5.41, 5.74) is 2.00. The zero-order valence-corrected chi connectivity index (χ0v) is 13.8. The molecule has 0 saturated heterocycles. The molecular formula is C17H21N3O3. The van der Waals surface area contributed by atoms with Crippen LogP contribution in [0.1, 0.15) is 52.9 Å². The molecule has 23 heavy (non-hydrogen) atoms. The Balaban J connectivity index is 2.08. The van der Waals surface area contributed by atoms with Crippen LogP contribution in [0.15, 0.2) is 30.3 Å². The van der Waals surface area contributed by atoms with Crippen LogP contribution in [0.2, 0.25) is 0 Å². The van der Waals surface area contributed by atoms with E-state index >= 15 is 0 Å². The highest BCUT2D eigenvalue weighted by Gasteiger charge is 2.20. The van der Waals surface area contributed by atoms with Gasteiger partial charge in [0.05, 0.1) is 11.1 Å². The first-order valence-electron chi connectivity index (χ1n) is 7.36. The van der Waals surface area contributed by atoms with E-state index in [1.54, 1.807) is 24.3 Å². The highest BCUT2D eigenvalue weighted by molar-refractivity contribution is 5.92. The Bertz CT molecular complexity index is 742. The zero-order valence-electron chi connectivity index (χ0n) is 13.8. The van der Waals surface area contributed by atoms with E-state index in [2.05, 4.69) is 10.4 Å². The highest BCUT2D eigenvalue weighted by Crippen LogP contribution is 2.16. The lowest BCUT2D eigenvalue weighted by Crippen LogP contribution is -2.27. The van der Waals surface area contributed by atoms with Crippen LogP contribution < -0.4 is 5.32 Å². The lowest BCUT2D eigenvalue weighted by atomic mass is 10.1. The summed E-state index contributed by atoms with van der Waals surface area (Å²) in [5.74, 6) is -1.27. The number of rotatable bonds is 4. The third kappa shape index (κ3) is 3.97. The van der Waals surface area contributed by atoms with Crippen molar-refractivity contribution in [1.29, 1.82) is 0 Å². The average Bonchev–Trinajstić information content (AvgIpc) is 2.87. The molecule has 0 aliphatic carbocycles. The van der Waals surface area contributed by atoms with Crippen molar-refractivity contribution >= 4 is 11.9 Å². The quantitative estimate of drug-likeness (QED) is 0.908. The zero-order chi connectivity index (χ0) is 17.2. The summed E-state index contributed by atoms with van der Waals surface area (Å²) in [6.07, 6.45) is 0. The summed E-state index contributed by atoms with van der Waals surface area (Å²) >= 11 is 0. The summed E-state index contributed by atoms with van der Waals surface area (Å²) in [5, 5.41) is 16.1. The summed E-state index contributed by atoms with van der Waals surface area (Å²) < 4.78 is 1.81. The first kappa shape index (κ1) is 16.7. The largest absolute Gasteiger partial charge is 0.478 e. The van der Waals surface area contributed by atoms with Crippen molar-refractivity contribution in [3.8, 4) is 0 Å². The lowest BCUT2D eigenvalue weighted by molar-refractivity contribution is 0.0696. The van der Waals surface area contributed by atoms with Crippen molar-refractivity contribution in [3.63, 3.8) is 0 Å². The number of nitrogens with one attached hydrogen (secondary N) is 1. The molecule has 1 amide bonds. The molecule has 1 aromatic carbocycles. The number of aromatic carboxylic acids is 1. The van der Waals surface area contributed by atoms with Gasteiger partial charge in [-0.05, 0) is 51.5 Å². The predicted octanol–water partition coefficient (Wildman–Crippen LogP) is 2.57. The number of benzene rings is 1. The molecule has 2 N–H and O–H groups in total. The van der Waals surface area contributed by atoms with Gasteiger partial charge in [-0.2, -0.15) is 5.10 Å². The molecule has 1 heterocycles. The van der Waals surface area contributed by atoms with Gasteiger partial charge < -0.3 is 10.4 Å². The number of hydrogen-bond donors (Lipinski definition) is 2. The van der Waals surface area contributed by atoms with Crippen LogP contribution in [0.3, 0.4) is 0 Å². The van der Waals surface area contributed by atoms with Crippen LogP contribution in [-0.2, 0) is 12.1 Å². The molecule has 122 valence electrons. The van der Waals surface area contributed by atoms with Gasteiger partial charge in [-0.15, -0.1) is 0 Å². The molecule has 1 aromatic heterocycles. The molecule has 0 spiro atoms. The maximum Gasteiger partial charge on any atom is 0.335 e. The molecule has 0 unspecified atom stereocenters. The number of carboxylic acid groups (broad SMARTS) is 1. The number of aryl methyl sites for hydroxylation is 1. The molecule has 0 bridgehead atoms. The molecule has 0 aliphatic rings. The second-order valence-electron chi connectivity index (χ2n) is 6.44. The Morgan fingerprint density at radius 3 is 2.52 bits per heavy atom. The summed E-state index contributed by atoms with van der Waals surface area (Å²) in [6.45, 7) is 8.22. The van der Waals surface area contributed by atoms with Crippen LogP contribution in [0.5, 0.6) is 0 Å². The van der Waals surface area contributed by atoms with Crippen LogP contribution in [-0.4, -0.2) is 26.8 Å². The van der Waals surface area contributed by atoms with Crippen molar-refractivity contribution in [3.05, 3.63) is 52.8 Å². The van der Waals surface area contributed by atoms with Gasteiger partial charge >= 0.3 is 5.97 Å². The van der Waals surface area contributed by atoms with Gasteiger partial charge in [0, 0.05) is 12.2 Å². The number of nitrogens with zero attached hydrogens (tertiary/aromatic N) is 2. The van der Waals surface area contributed by atoms with E-state index in [1.807, 2.05) is 32.4 Å². The van der Waals surface area contributed by atoms with Crippen LogP contribution >= 0.6 is 0 Å². The van der Waals surface area contributed by atoms with Crippen LogP contribution in [0, 0.1) is 6.92 Å². The first-order valence-corrected chi connectivity index (χ1v) is 7.36. The SMILES string of the molecule is Cc1cc(C(=O)NCc2cccc(C(=O)O)c2)nn1C(C)(C)C. The number of carbonyl (C=O) groups is 2. The maximum absolute atomic E-state index is 12.2.